The predicted octanol–water partition coefficient (Wildman–Crippen LogP) is 3.03. The number of aliphatic carboxylic acids is 1. The molecule has 1 N–H and O–H groups in total. The van der Waals surface area contributed by atoms with Gasteiger partial charge < -0.3 is 19.3 Å². The molecule has 142 valence electrons. The lowest BCUT2D eigenvalue weighted by molar-refractivity contribution is -0.386. The molecule has 9 heteroatoms. The number of carboxylic acid groups (broad SMARTS) is 1. The Balaban J connectivity index is 3.11. The van der Waals surface area contributed by atoms with E-state index in [1.165, 1.54) is 33.1 Å². The Bertz CT molecular complexity index is 713. The maximum absolute atomic E-state index is 11.7. The number of nitro groups is 1. The average molecular weight is 367 g/mol. The molecule has 0 amide bonds. The molecule has 1 rings (SSSR count). The number of carbonyl (C=O) groups excluding carboxylic acids is 1. The van der Waals surface area contributed by atoms with Crippen LogP contribution in [0.15, 0.2) is 24.3 Å². The van der Waals surface area contributed by atoms with Gasteiger partial charge >= 0.3 is 11.9 Å². The average Bonchev–Trinajstić information content (AvgIpc) is 2.57. The van der Waals surface area contributed by atoms with Gasteiger partial charge in [0.15, 0.2) is 11.5 Å². The van der Waals surface area contributed by atoms with Crippen LogP contribution in [-0.2, 0) is 14.3 Å². The first kappa shape index (κ1) is 20.9. The fourth-order valence-corrected chi connectivity index (χ4v) is 2.05. The van der Waals surface area contributed by atoms with Crippen LogP contribution in [0.25, 0.3) is 0 Å². The summed E-state index contributed by atoms with van der Waals surface area (Å²) < 4.78 is 15.7. The molecule has 0 saturated heterocycles. The van der Waals surface area contributed by atoms with Gasteiger partial charge in [-0.2, -0.15) is 0 Å². The molecule has 1 unspecified atom stereocenters. The first-order valence-electron chi connectivity index (χ1n) is 7.74. The van der Waals surface area contributed by atoms with Crippen molar-refractivity contribution in [3.05, 3.63) is 40.0 Å². The number of rotatable bonds is 10. The van der Waals surface area contributed by atoms with Crippen LogP contribution in [0.3, 0.4) is 0 Å². The second kappa shape index (κ2) is 9.40. The zero-order valence-electron chi connectivity index (χ0n) is 14.8. The molecule has 0 aliphatic carbocycles. The van der Waals surface area contributed by atoms with Crippen molar-refractivity contribution in [2.75, 3.05) is 13.7 Å². The molecule has 0 aromatic heterocycles. The van der Waals surface area contributed by atoms with E-state index in [1.807, 2.05) is 0 Å². The smallest absolute Gasteiger partial charge is 0.333 e. The number of carbonyl (C=O) groups is 2. The minimum absolute atomic E-state index is 0.0549. The van der Waals surface area contributed by atoms with Gasteiger partial charge in [-0.15, -0.1) is 0 Å². The van der Waals surface area contributed by atoms with Crippen molar-refractivity contribution < 1.29 is 33.8 Å². The number of hydrogen-bond donors (Lipinski definition) is 1. The number of nitro benzene ring substituents is 1. The molecule has 0 bridgehead atoms. The van der Waals surface area contributed by atoms with Gasteiger partial charge in [-0.25, -0.2) is 4.79 Å². The SMILES string of the molecule is C=C(C)C(=O)OC(C)c1cc(OC)c(OCCCC(=O)O)cc1[N+](=O)[O-]. The standard InChI is InChI=1S/C17H21NO8/c1-10(2)17(21)26-11(3)12-8-14(24-4)15(9-13(12)18(22)23)25-7-5-6-16(19)20/h8-9,11H,1,5-7H2,2-4H3,(H,19,20). The quantitative estimate of drug-likeness (QED) is 0.220. The third-order valence-corrected chi connectivity index (χ3v) is 3.37. The van der Waals surface area contributed by atoms with Crippen molar-refractivity contribution in [3.8, 4) is 11.5 Å². The Morgan fingerprint density at radius 1 is 1.35 bits per heavy atom. The summed E-state index contributed by atoms with van der Waals surface area (Å²) in [5.41, 5.74) is 0.00485. The summed E-state index contributed by atoms with van der Waals surface area (Å²) in [6, 6.07) is 2.53. The Kier molecular flexibility index (Phi) is 7.57. The van der Waals surface area contributed by atoms with Crippen LogP contribution in [0.4, 0.5) is 5.69 Å². The summed E-state index contributed by atoms with van der Waals surface area (Å²) in [4.78, 5) is 32.9. The van der Waals surface area contributed by atoms with Gasteiger partial charge in [0.25, 0.3) is 5.69 Å². The number of hydrogen-bond acceptors (Lipinski definition) is 7. The summed E-state index contributed by atoms with van der Waals surface area (Å²) >= 11 is 0. The van der Waals surface area contributed by atoms with Crippen molar-refractivity contribution in [2.45, 2.75) is 32.8 Å². The zero-order chi connectivity index (χ0) is 19.9. The van der Waals surface area contributed by atoms with E-state index in [9.17, 15) is 19.7 Å². The van der Waals surface area contributed by atoms with E-state index in [0.717, 1.165) is 0 Å². The largest absolute Gasteiger partial charge is 0.493 e. The Hall–Kier alpha value is -3.10. The van der Waals surface area contributed by atoms with E-state index in [1.54, 1.807) is 0 Å². The topological polar surface area (TPSA) is 125 Å². The number of ether oxygens (including phenoxy) is 3. The first-order valence-corrected chi connectivity index (χ1v) is 7.74. The summed E-state index contributed by atoms with van der Waals surface area (Å²) in [5, 5.41) is 20.0. The molecule has 26 heavy (non-hydrogen) atoms. The Morgan fingerprint density at radius 2 is 2.00 bits per heavy atom. The maximum Gasteiger partial charge on any atom is 0.333 e. The molecule has 0 radical (unpaired) electrons. The van der Waals surface area contributed by atoms with Gasteiger partial charge in [-0.3, -0.25) is 14.9 Å². The summed E-state index contributed by atoms with van der Waals surface area (Å²) in [5.74, 6) is -1.32. The third kappa shape index (κ3) is 5.76. The van der Waals surface area contributed by atoms with Gasteiger partial charge in [0.2, 0.25) is 0 Å². The molecular weight excluding hydrogens is 346 g/mol. The second-order valence-electron chi connectivity index (χ2n) is 5.49. The molecule has 1 aromatic carbocycles. The number of carboxylic acids is 1. The fraction of sp³-hybridized carbons (Fsp3) is 0.412. The van der Waals surface area contributed by atoms with Crippen molar-refractivity contribution in [1.29, 1.82) is 0 Å². The predicted molar refractivity (Wildman–Crippen MR) is 91.3 cm³/mol. The van der Waals surface area contributed by atoms with Crippen molar-refractivity contribution >= 4 is 17.6 Å². The van der Waals surface area contributed by atoms with Crippen LogP contribution < -0.4 is 9.47 Å². The summed E-state index contributed by atoms with van der Waals surface area (Å²) in [7, 11) is 1.36. The number of benzene rings is 1. The molecule has 0 saturated carbocycles. The first-order chi connectivity index (χ1) is 12.2. The van der Waals surface area contributed by atoms with Gasteiger partial charge in [0.05, 0.1) is 30.3 Å². The number of esters is 1. The zero-order valence-corrected chi connectivity index (χ0v) is 14.8. The third-order valence-electron chi connectivity index (χ3n) is 3.37. The van der Waals surface area contributed by atoms with Crippen LogP contribution in [-0.4, -0.2) is 35.7 Å². The highest BCUT2D eigenvalue weighted by Gasteiger charge is 2.26. The second-order valence-corrected chi connectivity index (χ2v) is 5.49. The minimum Gasteiger partial charge on any atom is -0.493 e. The molecule has 0 fully saturated rings. The summed E-state index contributed by atoms with van der Waals surface area (Å²) in [6.07, 6.45) is -0.758. The lowest BCUT2D eigenvalue weighted by atomic mass is 10.1. The molecule has 0 aliphatic rings. The Labute approximate surface area is 150 Å². The van der Waals surface area contributed by atoms with Crippen LogP contribution >= 0.6 is 0 Å². The van der Waals surface area contributed by atoms with E-state index in [4.69, 9.17) is 19.3 Å². The highest BCUT2D eigenvalue weighted by Crippen LogP contribution is 2.38. The van der Waals surface area contributed by atoms with Gasteiger partial charge in [0.1, 0.15) is 6.10 Å². The molecular formula is C17H21NO8. The van der Waals surface area contributed by atoms with Crippen LogP contribution in [0.2, 0.25) is 0 Å². The lowest BCUT2D eigenvalue weighted by Gasteiger charge is -2.17. The van der Waals surface area contributed by atoms with Crippen molar-refractivity contribution in [1.82, 2.24) is 0 Å². The van der Waals surface area contributed by atoms with Gasteiger partial charge in [-0.05, 0) is 26.3 Å². The van der Waals surface area contributed by atoms with Gasteiger partial charge in [-0.1, -0.05) is 6.58 Å². The van der Waals surface area contributed by atoms with E-state index in [-0.39, 0.29) is 47.8 Å². The Morgan fingerprint density at radius 3 is 2.50 bits per heavy atom. The highest BCUT2D eigenvalue weighted by atomic mass is 16.6. The van der Waals surface area contributed by atoms with E-state index in [2.05, 4.69) is 6.58 Å². The monoisotopic (exact) mass is 367 g/mol. The number of methoxy groups -OCH3 is 1. The maximum atomic E-state index is 11.7. The van der Waals surface area contributed by atoms with Crippen LogP contribution in [0.5, 0.6) is 11.5 Å². The number of nitrogens with zero attached hydrogens (tertiary/aromatic N) is 1. The van der Waals surface area contributed by atoms with E-state index >= 15 is 0 Å². The molecule has 1 aromatic rings. The summed E-state index contributed by atoms with van der Waals surface area (Å²) in [6.45, 7) is 6.49. The van der Waals surface area contributed by atoms with E-state index in [0.29, 0.717) is 0 Å². The molecule has 1 atom stereocenters. The lowest BCUT2D eigenvalue weighted by Crippen LogP contribution is -2.11. The van der Waals surface area contributed by atoms with E-state index < -0.39 is 23.0 Å². The normalized spacial score (nSPS) is 11.3. The highest BCUT2D eigenvalue weighted by molar-refractivity contribution is 5.87. The molecule has 0 spiro atoms. The molecule has 0 aliphatic heterocycles. The van der Waals surface area contributed by atoms with Crippen molar-refractivity contribution in [3.63, 3.8) is 0 Å². The molecule has 0 heterocycles. The van der Waals surface area contributed by atoms with Crippen molar-refractivity contribution in [2.24, 2.45) is 0 Å². The minimum atomic E-state index is -0.963. The van der Waals surface area contributed by atoms with Gasteiger partial charge in [0, 0.05) is 12.0 Å². The van der Waals surface area contributed by atoms with Crippen LogP contribution in [0.1, 0.15) is 38.4 Å². The molecule has 9 nitrogen and oxygen atoms in total. The van der Waals surface area contributed by atoms with Crippen LogP contribution in [0, 0.1) is 10.1 Å². The fourth-order valence-electron chi connectivity index (χ4n) is 2.05.